The van der Waals surface area contributed by atoms with E-state index < -0.39 is 32.5 Å². The van der Waals surface area contributed by atoms with Crippen LogP contribution in [0.3, 0.4) is 0 Å². The van der Waals surface area contributed by atoms with E-state index in [1.807, 2.05) is 21.1 Å². The molecule has 0 N–H and O–H groups in total. The summed E-state index contributed by atoms with van der Waals surface area (Å²) in [5.41, 5.74) is 0. The zero-order chi connectivity index (χ0) is 42.8. The van der Waals surface area contributed by atoms with Gasteiger partial charge in [-0.3, -0.25) is 14.2 Å². The first-order valence-electron chi connectivity index (χ1n) is 23.3. The lowest BCUT2D eigenvalue weighted by Crippen LogP contribution is -2.37. The first kappa shape index (κ1) is 56.0. The summed E-state index contributed by atoms with van der Waals surface area (Å²) in [7, 11) is 1.15. The quantitative estimate of drug-likeness (QED) is 0.0196. The second kappa shape index (κ2) is 40.4. The molecule has 10 heteroatoms. The molecule has 0 spiro atoms. The van der Waals surface area contributed by atoms with Crippen molar-refractivity contribution in [2.24, 2.45) is 0 Å². The van der Waals surface area contributed by atoms with Gasteiger partial charge < -0.3 is 27.9 Å². The van der Waals surface area contributed by atoms with Crippen molar-refractivity contribution in [1.29, 1.82) is 0 Å². The highest BCUT2D eigenvalue weighted by Gasteiger charge is 2.21. The Kier molecular flexibility index (Phi) is 39.0. The second-order valence-corrected chi connectivity index (χ2v) is 18.2. The molecule has 0 aromatic heterocycles. The van der Waals surface area contributed by atoms with E-state index in [9.17, 15) is 19.0 Å². The van der Waals surface area contributed by atoms with Gasteiger partial charge in [0.15, 0.2) is 6.10 Å². The molecule has 0 saturated carbocycles. The molecular weight excluding hydrogens is 750 g/mol. The Morgan fingerprint density at radius 1 is 0.534 bits per heavy atom. The average molecular weight is 838 g/mol. The molecule has 0 radical (unpaired) electrons. The van der Waals surface area contributed by atoms with Gasteiger partial charge in [-0.15, -0.1) is 0 Å². The molecule has 0 rings (SSSR count). The third-order valence-electron chi connectivity index (χ3n) is 9.82. The van der Waals surface area contributed by atoms with Crippen LogP contribution in [-0.2, 0) is 32.7 Å². The summed E-state index contributed by atoms with van der Waals surface area (Å²) in [6, 6.07) is 0. The van der Waals surface area contributed by atoms with E-state index in [1.165, 1.54) is 83.5 Å². The predicted molar refractivity (Wildman–Crippen MR) is 240 cm³/mol. The fraction of sp³-hybridized carbons (Fsp3) is 0.792. The summed E-state index contributed by atoms with van der Waals surface area (Å²) in [5, 5.41) is 0. The standard InChI is InChI=1S/C48H88NO8P/c1-6-8-10-12-14-16-18-20-22-23-24-25-27-29-31-33-35-37-39-41-48(51)57-46(45-56-58(52,53)55-43-42-49(3,4)5)44-54-47(50)40-38-36-34-32-30-28-26-21-19-17-15-13-11-9-7-2/h14-17,20-22,26,46H,6-13,18-19,23-25,27-45H2,1-5H3/b16-14-,17-15-,22-20-,26-21-/t46-/m1/s1. The average Bonchev–Trinajstić information content (AvgIpc) is 3.17. The SMILES string of the molecule is CCCCC/C=C\C/C=C\CCCCCCCCCCCC(=O)O[C@H](COC(=O)CCCCCCC/C=C\C/C=C\CCCCC)COP(=O)([O-])OCC[N+](C)(C)C. The highest BCUT2D eigenvalue weighted by Crippen LogP contribution is 2.38. The molecule has 0 amide bonds. The minimum absolute atomic E-state index is 0.0353. The Labute approximate surface area is 356 Å². The molecule has 0 aliphatic rings. The molecule has 9 nitrogen and oxygen atoms in total. The van der Waals surface area contributed by atoms with Crippen molar-refractivity contribution in [1.82, 2.24) is 0 Å². The summed E-state index contributed by atoms with van der Waals surface area (Å²) in [6.07, 6.45) is 47.0. The maximum absolute atomic E-state index is 12.7. The van der Waals surface area contributed by atoms with Gasteiger partial charge >= 0.3 is 11.9 Å². The van der Waals surface area contributed by atoms with Crippen molar-refractivity contribution < 1.29 is 42.1 Å². The number of ether oxygens (including phenoxy) is 2. The molecule has 1 unspecified atom stereocenters. The number of esters is 2. The van der Waals surface area contributed by atoms with Crippen LogP contribution in [0.2, 0.25) is 0 Å². The van der Waals surface area contributed by atoms with Crippen molar-refractivity contribution in [2.45, 2.75) is 200 Å². The van der Waals surface area contributed by atoms with E-state index >= 15 is 0 Å². The molecule has 338 valence electrons. The Bertz CT molecular complexity index is 1130. The number of phosphoric ester groups is 1. The minimum atomic E-state index is -4.63. The van der Waals surface area contributed by atoms with Crippen LogP contribution in [0.4, 0.5) is 0 Å². The number of hydrogen-bond acceptors (Lipinski definition) is 8. The fourth-order valence-corrected chi connectivity index (χ4v) is 6.85. The van der Waals surface area contributed by atoms with Crippen LogP contribution in [-0.4, -0.2) is 70.0 Å². The second-order valence-electron chi connectivity index (χ2n) is 16.8. The van der Waals surface area contributed by atoms with Crippen LogP contribution in [0.25, 0.3) is 0 Å². The molecule has 0 heterocycles. The number of unbranched alkanes of at least 4 members (excludes halogenated alkanes) is 20. The first-order chi connectivity index (χ1) is 28.0. The van der Waals surface area contributed by atoms with Crippen LogP contribution < -0.4 is 4.89 Å². The van der Waals surface area contributed by atoms with Crippen molar-refractivity contribution in [3.05, 3.63) is 48.6 Å². The molecule has 58 heavy (non-hydrogen) atoms. The summed E-state index contributed by atoms with van der Waals surface area (Å²) in [4.78, 5) is 37.6. The lowest BCUT2D eigenvalue weighted by atomic mass is 10.1. The molecular formula is C48H88NO8P. The summed E-state index contributed by atoms with van der Waals surface area (Å²) >= 11 is 0. The molecule has 0 aliphatic heterocycles. The number of likely N-dealkylation sites (N-methyl/N-ethyl adjacent to an activating group) is 1. The van der Waals surface area contributed by atoms with E-state index in [1.54, 1.807) is 0 Å². The maximum atomic E-state index is 12.7. The summed E-state index contributed by atoms with van der Waals surface area (Å²) < 4.78 is 33.9. The normalized spacial score (nSPS) is 14.0. The van der Waals surface area contributed by atoms with Crippen molar-refractivity contribution in [3.8, 4) is 0 Å². The van der Waals surface area contributed by atoms with Gasteiger partial charge in [0.25, 0.3) is 7.82 Å². The zero-order valence-electron chi connectivity index (χ0n) is 38.0. The topological polar surface area (TPSA) is 111 Å². The van der Waals surface area contributed by atoms with Crippen LogP contribution in [0.1, 0.15) is 194 Å². The highest BCUT2D eigenvalue weighted by molar-refractivity contribution is 7.45. The van der Waals surface area contributed by atoms with Gasteiger partial charge in [0.2, 0.25) is 0 Å². The number of hydrogen-bond donors (Lipinski definition) is 0. The Balaban J connectivity index is 4.34. The van der Waals surface area contributed by atoms with Gasteiger partial charge in [0, 0.05) is 12.8 Å². The highest BCUT2D eigenvalue weighted by atomic mass is 31.2. The van der Waals surface area contributed by atoms with Gasteiger partial charge in [-0.25, -0.2) is 0 Å². The molecule has 2 atom stereocenters. The fourth-order valence-electron chi connectivity index (χ4n) is 6.13. The number of carbonyl (C=O) groups excluding carboxylic acids is 2. The third kappa shape index (κ3) is 43.5. The van der Waals surface area contributed by atoms with E-state index in [2.05, 4.69) is 62.5 Å². The van der Waals surface area contributed by atoms with Crippen molar-refractivity contribution in [3.63, 3.8) is 0 Å². The number of nitrogens with zero attached hydrogens (tertiary/aromatic N) is 1. The van der Waals surface area contributed by atoms with Crippen LogP contribution in [0.15, 0.2) is 48.6 Å². The molecule has 0 fully saturated rings. The van der Waals surface area contributed by atoms with Crippen molar-refractivity contribution in [2.75, 3.05) is 47.5 Å². The van der Waals surface area contributed by atoms with E-state index in [-0.39, 0.29) is 26.1 Å². The van der Waals surface area contributed by atoms with Gasteiger partial charge in [-0.1, -0.05) is 152 Å². The number of quaternary nitrogens is 1. The lowest BCUT2D eigenvalue weighted by Gasteiger charge is -2.28. The minimum Gasteiger partial charge on any atom is -0.756 e. The number of phosphoric acid groups is 1. The first-order valence-corrected chi connectivity index (χ1v) is 24.8. The number of rotatable bonds is 42. The molecule has 0 aliphatic carbocycles. The maximum Gasteiger partial charge on any atom is 0.306 e. The van der Waals surface area contributed by atoms with E-state index in [4.69, 9.17) is 18.5 Å². The third-order valence-corrected chi connectivity index (χ3v) is 10.8. The summed E-state index contributed by atoms with van der Waals surface area (Å²) in [5.74, 6) is -0.855. The Morgan fingerprint density at radius 3 is 1.36 bits per heavy atom. The van der Waals surface area contributed by atoms with Gasteiger partial charge in [0.05, 0.1) is 27.7 Å². The number of carbonyl (C=O) groups is 2. The molecule has 0 saturated heterocycles. The molecule has 0 aromatic rings. The van der Waals surface area contributed by atoms with Crippen molar-refractivity contribution >= 4 is 19.8 Å². The van der Waals surface area contributed by atoms with Crippen LogP contribution >= 0.6 is 7.82 Å². The lowest BCUT2D eigenvalue weighted by molar-refractivity contribution is -0.870. The van der Waals surface area contributed by atoms with E-state index in [0.29, 0.717) is 23.9 Å². The Hall–Kier alpha value is -2.03. The number of allylic oxidation sites excluding steroid dienone is 8. The largest absolute Gasteiger partial charge is 0.756 e. The summed E-state index contributed by atoms with van der Waals surface area (Å²) in [6.45, 7) is 4.16. The Morgan fingerprint density at radius 2 is 0.931 bits per heavy atom. The predicted octanol–water partition coefficient (Wildman–Crippen LogP) is 12.8. The van der Waals surface area contributed by atoms with E-state index in [0.717, 1.165) is 70.6 Å². The van der Waals surface area contributed by atoms with Gasteiger partial charge in [-0.2, -0.15) is 0 Å². The zero-order valence-corrected chi connectivity index (χ0v) is 38.9. The monoisotopic (exact) mass is 838 g/mol. The van der Waals surface area contributed by atoms with Gasteiger partial charge in [0.1, 0.15) is 19.8 Å². The molecule has 0 aromatic carbocycles. The smallest absolute Gasteiger partial charge is 0.306 e. The van der Waals surface area contributed by atoms with Gasteiger partial charge in [-0.05, 0) is 77.0 Å². The van der Waals surface area contributed by atoms with Crippen LogP contribution in [0.5, 0.6) is 0 Å². The van der Waals surface area contributed by atoms with Crippen LogP contribution in [0, 0.1) is 0 Å². The molecule has 0 bridgehead atoms.